The van der Waals surface area contributed by atoms with Gasteiger partial charge >= 0.3 is 6.09 Å². The van der Waals surface area contributed by atoms with Crippen LogP contribution in [0.4, 0.5) is 4.79 Å². The fraction of sp³-hybridized carbons (Fsp3) is 0.300. The molecule has 5 nitrogen and oxygen atoms in total. The minimum Gasteiger partial charge on any atom is -0.410 e. The van der Waals surface area contributed by atoms with Crippen LogP contribution in [0, 0.1) is 0 Å². The van der Waals surface area contributed by atoms with Crippen molar-refractivity contribution in [3.05, 3.63) is 65.2 Å². The Bertz CT molecular complexity index is 762. The number of hydrogen-bond acceptors (Lipinski definition) is 3. The zero-order valence-electron chi connectivity index (χ0n) is 15.4. The first kappa shape index (κ1) is 18.7. The van der Waals surface area contributed by atoms with Gasteiger partial charge in [0.1, 0.15) is 12.3 Å². The first-order chi connectivity index (χ1) is 11.7. The van der Waals surface area contributed by atoms with Crippen molar-refractivity contribution >= 4 is 11.9 Å². The molecule has 0 aliphatic carbocycles. The highest BCUT2D eigenvalue weighted by atomic mass is 16.6. The highest BCUT2D eigenvalue weighted by Gasteiger charge is 2.19. The van der Waals surface area contributed by atoms with Crippen LogP contribution in [0.15, 0.2) is 48.5 Å². The second kappa shape index (κ2) is 7.49. The molecular formula is C20H25N2O3+. The third kappa shape index (κ3) is 5.16. The summed E-state index contributed by atoms with van der Waals surface area (Å²) in [6, 6.07) is 14.4. The topological polar surface area (TPSA) is 46.6 Å². The first-order valence-corrected chi connectivity index (χ1v) is 8.09. The SMILES string of the molecule is CN(C)C(=O)Oc1ccc(C(=O)c2ccccc2)cc1C[N+](C)(C)C. The zero-order chi connectivity index (χ0) is 18.6. The van der Waals surface area contributed by atoms with Gasteiger partial charge in [-0.05, 0) is 18.2 Å². The van der Waals surface area contributed by atoms with E-state index in [1.807, 2.05) is 45.4 Å². The molecule has 0 bridgehead atoms. The molecule has 25 heavy (non-hydrogen) atoms. The second-order valence-electron chi connectivity index (χ2n) is 7.23. The maximum atomic E-state index is 12.7. The van der Waals surface area contributed by atoms with Crippen LogP contribution >= 0.6 is 0 Å². The lowest BCUT2D eigenvalue weighted by atomic mass is 10.0. The summed E-state index contributed by atoms with van der Waals surface area (Å²) in [6.07, 6.45) is -0.440. The van der Waals surface area contributed by atoms with Crippen molar-refractivity contribution in [1.82, 2.24) is 4.90 Å². The minimum absolute atomic E-state index is 0.0475. The Hall–Kier alpha value is -2.66. The van der Waals surface area contributed by atoms with Gasteiger partial charge in [0, 0.05) is 30.8 Å². The number of quaternary nitrogens is 1. The molecule has 0 heterocycles. The molecule has 5 heteroatoms. The summed E-state index contributed by atoms with van der Waals surface area (Å²) in [7, 11) is 9.40. The summed E-state index contributed by atoms with van der Waals surface area (Å²) in [5.74, 6) is 0.435. The van der Waals surface area contributed by atoms with E-state index in [1.54, 1.807) is 38.4 Å². The van der Waals surface area contributed by atoms with E-state index in [-0.39, 0.29) is 5.78 Å². The summed E-state index contributed by atoms with van der Waals surface area (Å²) in [5, 5.41) is 0. The quantitative estimate of drug-likeness (QED) is 0.620. The summed E-state index contributed by atoms with van der Waals surface area (Å²) < 4.78 is 6.11. The average Bonchev–Trinajstić information content (AvgIpc) is 2.55. The molecule has 0 spiro atoms. The molecule has 0 fully saturated rings. The third-order valence-electron chi connectivity index (χ3n) is 3.57. The van der Waals surface area contributed by atoms with Gasteiger partial charge in [-0.2, -0.15) is 0 Å². The molecule has 2 aromatic rings. The normalized spacial score (nSPS) is 11.1. The zero-order valence-corrected chi connectivity index (χ0v) is 15.4. The fourth-order valence-corrected chi connectivity index (χ4v) is 2.40. The monoisotopic (exact) mass is 341 g/mol. The molecular weight excluding hydrogens is 316 g/mol. The standard InChI is InChI=1S/C20H25N2O3/c1-21(2)20(24)25-18-12-11-16(13-17(18)14-22(3,4)5)19(23)15-9-7-6-8-10-15/h6-13H,14H2,1-5H3/q+1. The average molecular weight is 341 g/mol. The molecule has 0 aliphatic rings. The molecule has 1 amide bonds. The van der Waals surface area contributed by atoms with Crippen molar-refractivity contribution in [3.8, 4) is 5.75 Å². The van der Waals surface area contributed by atoms with Gasteiger partial charge < -0.3 is 14.1 Å². The largest absolute Gasteiger partial charge is 0.414 e. The molecule has 0 N–H and O–H groups in total. The molecule has 0 aliphatic heterocycles. The number of ether oxygens (including phenoxy) is 1. The number of carbonyl (C=O) groups excluding carboxylic acids is 2. The molecule has 2 aromatic carbocycles. The molecule has 0 aromatic heterocycles. The van der Waals surface area contributed by atoms with Gasteiger partial charge in [0.2, 0.25) is 0 Å². The Morgan fingerprint density at radius 2 is 1.60 bits per heavy atom. The van der Waals surface area contributed by atoms with E-state index in [0.29, 0.717) is 27.9 Å². The van der Waals surface area contributed by atoms with Crippen molar-refractivity contribution in [1.29, 1.82) is 0 Å². The van der Waals surface area contributed by atoms with Crippen molar-refractivity contribution < 1.29 is 18.8 Å². The predicted molar refractivity (Wildman–Crippen MR) is 97.8 cm³/mol. The van der Waals surface area contributed by atoms with Crippen LogP contribution in [0.25, 0.3) is 0 Å². The number of ketones is 1. The Kier molecular flexibility index (Phi) is 5.59. The van der Waals surface area contributed by atoms with Crippen LogP contribution in [0.3, 0.4) is 0 Å². The predicted octanol–water partition coefficient (Wildman–Crippen LogP) is 3.18. The number of carbonyl (C=O) groups is 2. The molecule has 0 saturated carbocycles. The van der Waals surface area contributed by atoms with Gasteiger partial charge in [-0.1, -0.05) is 30.3 Å². The van der Waals surface area contributed by atoms with Crippen molar-refractivity contribution in [2.75, 3.05) is 35.2 Å². The van der Waals surface area contributed by atoms with Crippen LogP contribution in [-0.2, 0) is 6.54 Å². The molecule has 0 atom stereocenters. The number of benzene rings is 2. The molecule has 0 radical (unpaired) electrons. The van der Waals surface area contributed by atoms with E-state index in [9.17, 15) is 9.59 Å². The molecule has 132 valence electrons. The summed E-state index contributed by atoms with van der Waals surface area (Å²) >= 11 is 0. The van der Waals surface area contributed by atoms with E-state index in [2.05, 4.69) is 0 Å². The Balaban J connectivity index is 2.39. The van der Waals surface area contributed by atoms with Gasteiger partial charge in [-0.25, -0.2) is 4.79 Å². The van der Waals surface area contributed by atoms with E-state index in [1.165, 1.54) is 4.90 Å². The maximum absolute atomic E-state index is 12.7. The van der Waals surface area contributed by atoms with Crippen LogP contribution in [0.5, 0.6) is 5.75 Å². The molecule has 2 rings (SSSR count). The Morgan fingerprint density at radius 1 is 0.960 bits per heavy atom. The summed E-state index contributed by atoms with van der Waals surface area (Å²) in [6.45, 7) is 0.631. The summed E-state index contributed by atoms with van der Waals surface area (Å²) in [5.41, 5.74) is 2.04. The Morgan fingerprint density at radius 3 is 2.16 bits per heavy atom. The van der Waals surface area contributed by atoms with E-state index in [0.717, 1.165) is 5.56 Å². The lowest BCUT2D eigenvalue weighted by Gasteiger charge is -2.25. The number of hydrogen-bond donors (Lipinski definition) is 0. The minimum atomic E-state index is -0.440. The lowest BCUT2D eigenvalue weighted by Crippen LogP contribution is -2.34. The maximum Gasteiger partial charge on any atom is 0.414 e. The number of nitrogens with zero attached hydrogens (tertiary/aromatic N) is 2. The van der Waals surface area contributed by atoms with Crippen molar-refractivity contribution in [3.63, 3.8) is 0 Å². The molecule has 0 unspecified atom stereocenters. The van der Waals surface area contributed by atoms with Crippen molar-refractivity contribution in [2.24, 2.45) is 0 Å². The van der Waals surface area contributed by atoms with Crippen LogP contribution in [-0.4, -0.2) is 56.5 Å². The van der Waals surface area contributed by atoms with Gasteiger partial charge in [0.25, 0.3) is 0 Å². The van der Waals surface area contributed by atoms with E-state index < -0.39 is 6.09 Å². The smallest absolute Gasteiger partial charge is 0.410 e. The third-order valence-corrected chi connectivity index (χ3v) is 3.57. The second-order valence-corrected chi connectivity index (χ2v) is 7.23. The van der Waals surface area contributed by atoms with Crippen LogP contribution in [0.2, 0.25) is 0 Å². The van der Waals surface area contributed by atoms with Crippen LogP contribution < -0.4 is 4.74 Å². The van der Waals surface area contributed by atoms with Gasteiger partial charge in [-0.3, -0.25) is 4.79 Å². The fourth-order valence-electron chi connectivity index (χ4n) is 2.40. The van der Waals surface area contributed by atoms with Gasteiger partial charge in [0.15, 0.2) is 5.78 Å². The molecule has 0 saturated heterocycles. The van der Waals surface area contributed by atoms with Crippen molar-refractivity contribution in [2.45, 2.75) is 6.54 Å². The first-order valence-electron chi connectivity index (χ1n) is 8.09. The Labute approximate surface area is 149 Å². The highest BCUT2D eigenvalue weighted by molar-refractivity contribution is 6.09. The van der Waals surface area contributed by atoms with Gasteiger partial charge in [-0.15, -0.1) is 0 Å². The lowest BCUT2D eigenvalue weighted by molar-refractivity contribution is -0.884. The number of rotatable bonds is 5. The highest BCUT2D eigenvalue weighted by Crippen LogP contribution is 2.25. The van der Waals surface area contributed by atoms with E-state index >= 15 is 0 Å². The van der Waals surface area contributed by atoms with E-state index in [4.69, 9.17) is 4.74 Å². The van der Waals surface area contributed by atoms with Crippen LogP contribution in [0.1, 0.15) is 21.5 Å². The summed E-state index contributed by atoms with van der Waals surface area (Å²) in [4.78, 5) is 26.0. The number of amides is 1. The van der Waals surface area contributed by atoms with Gasteiger partial charge in [0.05, 0.1) is 21.1 Å².